The van der Waals surface area contributed by atoms with Gasteiger partial charge in [-0.15, -0.1) is 0 Å². The van der Waals surface area contributed by atoms with E-state index >= 15 is 0 Å². The normalized spacial score (nSPS) is 16.2. The minimum absolute atomic E-state index is 0.576. The predicted molar refractivity (Wildman–Crippen MR) is 87.9 cm³/mol. The SMILES string of the molecule is CCCCCCNc1cc(=S)nc(C2CCCCC2)[nH]1. The van der Waals surface area contributed by atoms with Crippen molar-refractivity contribution in [2.75, 3.05) is 11.9 Å². The first kappa shape index (κ1) is 15.5. The summed E-state index contributed by atoms with van der Waals surface area (Å²) in [7, 11) is 0. The highest BCUT2D eigenvalue weighted by Gasteiger charge is 2.17. The number of H-pyrrole nitrogens is 1. The molecule has 20 heavy (non-hydrogen) atoms. The molecule has 2 N–H and O–H groups in total. The van der Waals surface area contributed by atoms with Gasteiger partial charge in [0.25, 0.3) is 0 Å². The first-order chi connectivity index (χ1) is 9.79. The largest absolute Gasteiger partial charge is 0.372 e. The van der Waals surface area contributed by atoms with Gasteiger partial charge in [-0.25, -0.2) is 4.98 Å². The summed E-state index contributed by atoms with van der Waals surface area (Å²) >= 11 is 5.31. The number of hydrogen-bond donors (Lipinski definition) is 2. The minimum Gasteiger partial charge on any atom is -0.372 e. The van der Waals surface area contributed by atoms with Crippen LogP contribution in [-0.2, 0) is 0 Å². The molecule has 0 unspecified atom stereocenters. The minimum atomic E-state index is 0.576. The molecule has 0 aromatic carbocycles. The zero-order chi connectivity index (χ0) is 14.2. The van der Waals surface area contributed by atoms with Crippen molar-refractivity contribution < 1.29 is 0 Å². The van der Waals surface area contributed by atoms with Crippen molar-refractivity contribution in [1.82, 2.24) is 9.97 Å². The first-order valence-electron chi connectivity index (χ1n) is 8.14. The number of nitrogens with one attached hydrogen (secondary N) is 2. The van der Waals surface area contributed by atoms with E-state index < -0.39 is 0 Å². The second-order valence-corrected chi connectivity index (χ2v) is 6.26. The number of unbranched alkanes of at least 4 members (excludes halogenated alkanes) is 3. The molecule has 1 saturated carbocycles. The van der Waals surface area contributed by atoms with Crippen LogP contribution in [0.3, 0.4) is 0 Å². The van der Waals surface area contributed by atoms with Crippen molar-refractivity contribution in [2.24, 2.45) is 0 Å². The number of anilines is 1. The van der Waals surface area contributed by atoms with Gasteiger partial charge >= 0.3 is 0 Å². The van der Waals surface area contributed by atoms with Crippen LogP contribution in [-0.4, -0.2) is 16.5 Å². The molecule has 0 saturated heterocycles. The Morgan fingerprint density at radius 3 is 2.80 bits per heavy atom. The Morgan fingerprint density at radius 1 is 1.25 bits per heavy atom. The molecule has 0 spiro atoms. The van der Waals surface area contributed by atoms with Gasteiger partial charge in [0, 0.05) is 18.5 Å². The molecule has 3 nitrogen and oxygen atoms in total. The summed E-state index contributed by atoms with van der Waals surface area (Å²) in [6, 6.07) is 1.95. The van der Waals surface area contributed by atoms with Crippen molar-refractivity contribution in [3.63, 3.8) is 0 Å². The third-order valence-electron chi connectivity index (χ3n) is 4.10. The quantitative estimate of drug-likeness (QED) is 0.537. The van der Waals surface area contributed by atoms with Crippen LogP contribution in [0.5, 0.6) is 0 Å². The standard InChI is InChI=1S/C16H27N3S/c1-2-3-4-8-11-17-14-12-15(20)19-16(18-14)13-9-6-5-7-10-13/h12-13H,2-11H2,1H3,(H2,17,18,19,20). The average Bonchev–Trinajstić information content (AvgIpc) is 2.47. The summed E-state index contributed by atoms with van der Waals surface area (Å²) < 4.78 is 0.709. The number of aromatic nitrogens is 2. The van der Waals surface area contributed by atoms with Crippen LogP contribution >= 0.6 is 12.2 Å². The van der Waals surface area contributed by atoms with Gasteiger partial charge in [0.15, 0.2) is 0 Å². The van der Waals surface area contributed by atoms with Crippen LogP contribution in [0, 0.1) is 4.64 Å². The van der Waals surface area contributed by atoms with Crippen molar-refractivity contribution in [1.29, 1.82) is 0 Å². The molecular formula is C16H27N3S. The van der Waals surface area contributed by atoms with Gasteiger partial charge in [-0.1, -0.05) is 57.7 Å². The van der Waals surface area contributed by atoms with E-state index in [4.69, 9.17) is 12.2 Å². The molecule has 0 aliphatic heterocycles. The number of hydrogen-bond acceptors (Lipinski definition) is 3. The smallest absolute Gasteiger partial charge is 0.131 e. The summed E-state index contributed by atoms with van der Waals surface area (Å²) in [6.07, 6.45) is 11.6. The monoisotopic (exact) mass is 293 g/mol. The molecule has 1 aliphatic rings. The lowest BCUT2D eigenvalue weighted by Gasteiger charge is -2.21. The molecule has 112 valence electrons. The van der Waals surface area contributed by atoms with Crippen molar-refractivity contribution in [2.45, 2.75) is 70.6 Å². The van der Waals surface area contributed by atoms with E-state index in [0.29, 0.717) is 10.6 Å². The van der Waals surface area contributed by atoms with Crippen molar-refractivity contribution >= 4 is 18.0 Å². The summed E-state index contributed by atoms with van der Waals surface area (Å²) in [5.41, 5.74) is 0. The van der Waals surface area contributed by atoms with Crippen LogP contribution in [0.4, 0.5) is 5.82 Å². The fourth-order valence-corrected chi connectivity index (χ4v) is 3.13. The van der Waals surface area contributed by atoms with Crippen LogP contribution < -0.4 is 5.32 Å². The van der Waals surface area contributed by atoms with Gasteiger partial charge in [-0.05, 0) is 19.3 Å². The van der Waals surface area contributed by atoms with Gasteiger partial charge in [0.2, 0.25) is 0 Å². The number of nitrogens with zero attached hydrogens (tertiary/aromatic N) is 1. The molecule has 2 rings (SSSR count). The third kappa shape index (κ3) is 4.89. The second-order valence-electron chi connectivity index (χ2n) is 5.84. The molecule has 4 heteroatoms. The van der Waals surface area contributed by atoms with Crippen LogP contribution in [0.2, 0.25) is 0 Å². The van der Waals surface area contributed by atoms with Crippen molar-refractivity contribution in [3.8, 4) is 0 Å². The molecule has 0 amide bonds. The summed E-state index contributed by atoms with van der Waals surface area (Å²) in [5, 5.41) is 3.46. The number of rotatable bonds is 7. The van der Waals surface area contributed by atoms with Crippen molar-refractivity contribution in [3.05, 3.63) is 16.5 Å². The van der Waals surface area contributed by atoms with E-state index in [0.717, 1.165) is 18.2 Å². The molecule has 1 aromatic heterocycles. The molecule has 0 radical (unpaired) electrons. The van der Waals surface area contributed by atoms with E-state index in [9.17, 15) is 0 Å². The second kappa shape index (κ2) is 8.40. The molecule has 1 fully saturated rings. The van der Waals surface area contributed by atoms with E-state index in [2.05, 4.69) is 22.2 Å². The molecule has 1 aliphatic carbocycles. The van der Waals surface area contributed by atoms with Crippen LogP contribution in [0.25, 0.3) is 0 Å². The Balaban J connectivity index is 1.92. The summed E-state index contributed by atoms with van der Waals surface area (Å²) in [5.74, 6) is 2.71. The van der Waals surface area contributed by atoms with Crippen LogP contribution in [0.15, 0.2) is 6.07 Å². The van der Waals surface area contributed by atoms with Gasteiger partial charge in [0.1, 0.15) is 16.3 Å². The summed E-state index contributed by atoms with van der Waals surface area (Å²) in [4.78, 5) is 7.99. The fraction of sp³-hybridized carbons (Fsp3) is 0.750. The Morgan fingerprint density at radius 2 is 2.05 bits per heavy atom. The topological polar surface area (TPSA) is 40.7 Å². The lowest BCUT2D eigenvalue weighted by Crippen LogP contribution is -2.11. The van der Waals surface area contributed by atoms with Gasteiger partial charge in [0.05, 0.1) is 0 Å². The van der Waals surface area contributed by atoms with Gasteiger partial charge < -0.3 is 10.3 Å². The predicted octanol–water partition coefficient (Wildman–Crippen LogP) is 5.18. The van der Waals surface area contributed by atoms with Gasteiger partial charge in [-0.3, -0.25) is 0 Å². The van der Waals surface area contributed by atoms with E-state index in [1.54, 1.807) is 0 Å². The zero-order valence-corrected chi connectivity index (χ0v) is 13.4. The Kier molecular flexibility index (Phi) is 6.51. The third-order valence-corrected chi connectivity index (χ3v) is 4.31. The van der Waals surface area contributed by atoms with E-state index in [1.807, 2.05) is 6.07 Å². The molecular weight excluding hydrogens is 266 g/mol. The maximum atomic E-state index is 5.31. The lowest BCUT2D eigenvalue weighted by atomic mass is 9.89. The van der Waals surface area contributed by atoms with Crippen LogP contribution in [0.1, 0.15) is 76.5 Å². The highest BCUT2D eigenvalue weighted by atomic mass is 32.1. The van der Waals surface area contributed by atoms with E-state index in [1.165, 1.54) is 57.8 Å². The maximum Gasteiger partial charge on any atom is 0.131 e. The average molecular weight is 293 g/mol. The molecule has 1 aromatic rings. The Hall–Kier alpha value is -0.900. The number of aromatic amines is 1. The Bertz CT molecular complexity index is 449. The highest BCUT2D eigenvalue weighted by molar-refractivity contribution is 7.71. The summed E-state index contributed by atoms with van der Waals surface area (Å²) in [6.45, 7) is 3.25. The highest BCUT2D eigenvalue weighted by Crippen LogP contribution is 2.30. The zero-order valence-electron chi connectivity index (χ0n) is 12.6. The molecule has 1 heterocycles. The first-order valence-corrected chi connectivity index (χ1v) is 8.55. The molecule has 0 bridgehead atoms. The molecule has 0 atom stereocenters. The fourth-order valence-electron chi connectivity index (χ4n) is 2.92. The van der Waals surface area contributed by atoms with Gasteiger partial charge in [-0.2, -0.15) is 0 Å². The maximum absolute atomic E-state index is 5.31. The lowest BCUT2D eigenvalue weighted by molar-refractivity contribution is 0.428. The van der Waals surface area contributed by atoms with E-state index in [-0.39, 0.29) is 0 Å². The Labute approximate surface area is 127 Å².